The van der Waals surface area contributed by atoms with Gasteiger partial charge in [0.25, 0.3) is 5.91 Å². The summed E-state index contributed by atoms with van der Waals surface area (Å²) in [4.78, 5) is 40.4. The lowest BCUT2D eigenvalue weighted by Crippen LogP contribution is -2.42. The van der Waals surface area contributed by atoms with Gasteiger partial charge in [-0.25, -0.2) is 0 Å². The van der Waals surface area contributed by atoms with Gasteiger partial charge in [-0.3, -0.25) is 14.4 Å². The minimum Gasteiger partial charge on any atom is -0.481 e. The largest absolute Gasteiger partial charge is 0.481 e. The van der Waals surface area contributed by atoms with Crippen LogP contribution in [0.2, 0.25) is 5.02 Å². The average Bonchev–Trinajstić information content (AvgIpc) is 3.36. The van der Waals surface area contributed by atoms with E-state index in [-0.39, 0.29) is 35.4 Å². The molecule has 0 radical (unpaired) electrons. The molecule has 1 aliphatic heterocycles. The summed E-state index contributed by atoms with van der Waals surface area (Å²) in [5.41, 5.74) is 1.86. The molecule has 1 saturated carbocycles. The van der Waals surface area contributed by atoms with Crippen LogP contribution < -0.4 is 5.32 Å². The number of carboxylic acid groups (broad SMARTS) is 1. The highest BCUT2D eigenvalue weighted by Gasteiger charge is 2.38. The fraction of sp³-hybridized carbons (Fsp3) is 0.387. The maximum absolute atomic E-state index is 13.5. The van der Waals surface area contributed by atoms with Gasteiger partial charge in [-0.2, -0.15) is 0 Å². The maximum Gasteiger partial charge on any atom is 0.303 e. The van der Waals surface area contributed by atoms with Gasteiger partial charge in [-0.05, 0) is 59.6 Å². The third-order valence-corrected chi connectivity index (χ3v) is 8.71. The second kappa shape index (κ2) is 11.2. The summed E-state index contributed by atoms with van der Waals surface area (Å²) in [7, 11) is 0. The first kappa shape index (κ1) is 26.2. The van der Waals surface area contributed by atoms with Crippen molar-refractivity contribution in [1.29, 1.82) is 0 Å². The molecule has 2 aliphatic rings. The molecule has 1 atom stereocenters. The monoisotopic (exact) mass is 532 g/mol. The van der Waals surface area contributed by atoms with Crippen molar-refractivity contribution in [2.45, 2.75) is 57.3 Å². The fourth-order valence-electron chi connectivity index (χ4n) is 6.33. The first-order valence-electron chi connectivity index (χ1n) is 13.4. The summed E-state index contributed by atoms with van der Waals surface area (Å²) < 4.78 is 0. The van der Waals surface area contributed by atoms with Gasteiger partial charge in [0.2, 0.25) is 5.91 Å². The Labute approximate surface area is 228 Å². The zero-order valence-electron chi connectivity index (χ0n) is 21.4. The van der Waals surface area contributed by atoms with Gasteiger partial charge >= 0.3 is 5.97 Å². The van der Waals surface area contributed by atoms with Crippen LogP contribution in [0.1, 0.15) is 73.2 Å². The second-order valence-electron chi connectivity index (χ2n) is 10.8. The Bertz CT molecular complexity index is 1350. The van der Waals surface area contributed by atoms with E-state index in [2.05, 4.69) is 5.32 Å². The number of carbonyl (C=O) groups is 3. The molecule has 5 rings (SSSR count). The van der Waals surface area contributed by atoms with Gasteiger partial charge in [0.1, 0.15) is 0 Å². The predicted octanol–water partition coefficient (Wildman–Crippen LogP) is 6.88. The van der Waals surface area contributed by atoms with Crippen LogP contribution in [0.3, 0.4) is 0 Å². The van der Waals surface area contributed by atoms with Crippen molar-refractivity contribution >= 4 is 45.8 Å². The van der Waals surface area contributed by atoms with Crippen molar-refractivity contribution in [3.05, 3.63) is 76.8 Å². The Morgan fingerprint density at radius 2 is 1.58 bits per heavy atom. The molecule has 2 N–H and O–H groups in total. The van der Waals surface area contributed by atoms with Crippen LogP contribution in [-0.4, -0.2) is 40.9 Å². The molecule has 6 nitrogen and oxygen atoms in total. The second-order valence-corrected chi connectivity index (χ2v) is 11.2. The molecular weight excluding hydrogens is 500 g/mol. The normalized spacial score (nSPS) is 17.4. The van der Waals surface area contributed by atoms with Crippen molar-refractivity contribution in [3.63, 3.8) is 0 Å². The topological polar surface area (TPSA) is 86.7 Å². The number of nitrogens with one attached hydrogen (secondary N) is 1. The Kier molecular flexibility index (Phi) is 7.70. The molecule has 198 valence electrons. The quantitative estimate of drug-likeness (QED) is 0.347. The van der Waals surface area contributed by atoms with E-state index < -0.39 is 11.9 Å². The van der Waals surface area contributed by atoms with E-state index in [0.29, 0.717) is 24.1 Å². The molecule has 3 aromatic carbocycles. The number of para-hydroxylation sites is 1. The number of halogens is 1. The number of carboxylic acids is 1. The SMILES string of the molecule is O=C(O)CC(CC(=O)Nc1c(Cl)cccc1C(=O)N1CCC2(CCCC2)CC1)c1cccc2ccccc12. The Morgan fingerprint density at radius 1 is 0.895 bits per heavy atom. The molecule has 1 saturated heterocycles. The molecule has 1 aliphatic carbocycles. The van der Waals surface area contributed by atoms with Crippen LogP contribution in [0.5, 0.6) is 0 Å². The molecule has 1 unspecified atom stereocenters. The van der Waals surface area contributed by atoms with Crippen LogP contribution in [0.15, 0.2) is 60.7 Å². The zero-order valence-corrected chi connectivity index (χ0v) is 22.2. The standard InChI is InChI=1S/C31H33ClN2O4/c32-26-12-6-11-25(30(38)34-17-15-31(16-18-34)13-3-4-14-31)29(26)33-27(35)19-22(20-28(36)37)24-10-5-8-21-7-1-2-9-23(21)24/h1-2,5-12,22H,3-4,13-20H2,(H,33,35)(H,36,37). The number of aliphatic carboxylic acids is 1. The van der Waals surface area contributed by atoms with Crippen LogP contribution in [0.25, 0.3) is 10.8 Å². The van der Waals surface area contributed by atoms with Crippen LogP contribution in [0, 0.1) is 5.41 Å². The maximum atomic E-state index is 13.5. The summed E-state index contributed by atoms with van der Waals surface area (Å²) in [5, 5.41) is 14.7. The lowest BCUT2D eigenvalue weighted by Gasteiger charge is -2.39. The highest BCUT2D eigenvalue weighted by atomic mass is 35.5. The Balaban J connectivity index is 1.34. The number of benzene rings is 3. The molecule has 1 spiro atoms. The molecular formula is C31H33ClN2O4. The van der Waals surface area contributed by atoms with Crippen molar-refractivity contribution in [1.82, 2.24) is 4.90 Å². The molecule has 0 bridgehead atoms. The molecule has 0 aromatic heterocycles. The molecule has 2 amide bonds. The van der Waals surface area contributed by atoms with Gasteiger partial charge in [0.15, 0.2) is 0 Å². The minimum absolute atomic E-state index is 0.0502. The van der Waals surface area contributed by atoms with E-state index in [1.54, 1.807) is 18.2 Å². The summed E-state index contributed by atoms with van der Waals surface area (Å²) >= 11 is 6.49. The average molecular weight is 533 g/mol. The number of piperidine rings is 1. The number of amides is 2. The zero-order chi connectivity index (χ0) is 26.7. The number of likely N-dealkylation sites (tertiary alicyclic amines) is 1. The number of nitrogens with zero attached hydrogens (tertiary/aromatic N) is 1. The van der Waals surface area contributed by atoms with Crippen LogP contribution in [-0.2, 0) is 9.59 Å². The van der Waals surface area contributed by atoms with Crippen molar-refractivity contribution in [2.24, 2.45) is 5.41 Å². The molecule has 2 fully saturated rings. The van der Waals surface area contributed by atoms with Crippen molar-refractivity contribution < 1.29 is 19.5 Å². The van der Waals surface area contributed by atoms with E-state index in [4.69, 9.17) is 11.6 Å². The first-order valence-corrected chi connectivity index (χ1v) is 13.8. The van der Waals surface area contributed by atoms with Crippen molar-refractivity contribution in [3.8, 4) is 0 Å². The van der Waals surface area contributed by atoms with E-state index in [1.807, 2.05) is 47.4 Å². The number of rotatable bonds is 7. The lowest BCUT2D eigenvalue weighted by molar-refractivity contribution is -0.137. The molecule has 7 heteroatoms. The number of anilines is 1. The highest BCUT2D eigenvalue weighted by molar-refractivity contribution is 6.34. The first-order chi connectivity index (χ1) is 18.3. The van der Waals surface area contributed by atoms with Crippen LogP contribution in [0.4, 0.5) is 5.69 Å². The third kappa shape index (κ3) is 5.56. The van der Waals surface area contributed by atoms with E-state index in [0.717, 1.165) is 29.2 Å². The molecule has 1 heterocycles. The Hall–Kier alpha value is -3.38. The Morgan fingerprint density at radius 3 is 2.32 bits per heavy atom. The predicted molar refractivity (Wildman–Crippen MR) is 150 cm³/mol. The number of fused-ring (bicyclic) bond motifs is 1. The van der Waals surface area contributed by atoms with Crippen molar-refractivity contribution in [2.75, 3.05) is 18.4 Å². The molecule has 3 aromatic rings. The van der Waals surface area contributed by atoms with Crippen LogP contribution >= 0.6 is 11.6 Å². The lowest BCUT2D eigenvalue weighted by atomic mass is 9.77. The minimum atomic E-state index is -0.977. The fourth-order valence-corrected chi connectivity index (χ4v) is 6.55. The number of carbonyl (C=O) groups excluding carboxylic acids is 2. The van der Waals surface area contributed by atoms with E-state index >= 15 is 0 Å². The third-order valence-electron chi connectivity index (χ3n) is 8.40. The summed E-state index contributed by atoms with van der Waals surface area (Å²) in [6.45, 7) is 1.42. The number of hydrogen-bond acceptors (Lipinski definition) is 3. The van der Waals surface area contributed by atoms with Gasteiger partial charge < -0.3 is 15.3 Å². The summed E-state index contributed by atoms with van der Waals surface area (Å²) in [5.74, 6) is -2.03. The summed E-state index contributed by atoms with van der Waals surface area (Å²) in [6, 6.07) is 18.5. The number of hydrogen-bond donors (Lipinski definition) is 2. The van der Waals surface area contributed by atoms with E-state index in [1.165, 1.54) is 25.7 Å². The van der Waals surface area contributed by atoms with Gasteiger partial charge in [-0.1, -0.05) is 73.0 Å². The van der Waals surface area contributed by atoms with Gasteiger partial charge in [-0.15, -0.1) is 0 Å². The smallest absolute Gasteiger partial charge is 0.303 e. The van der Waals surface area contributed by atoms with Gasteiger partial charge in [0, 0.05) is 25.4 Å². The van der Waals surface area contributed by atoms with Gasteiger partial charge in [0.05, 0.1) is 22.7 Å². The van der Waals surface area contributed by atoms with E-state index in [9.17, 15) is 19.5 Å². The summed E-state index contributed by atoms with van der Waals surface area (Å²) in [6.07, 6.45) is 6.85. The highest BCUT2D eigenvalue weighted by Crippen LogP contribution is 2.46. The molecule has 38 heavy (non-hydrogen) atoms.